The van der Waals surface area contributed by atoms with Gasteiger partial charge in [-0.1, -0.05) is 23.7 Å². The lowest BCUT2D eigenvalue weighted by atomic mass is 10.1. The molecule has 6 N–H and O–H groups in total. The van der Waals surface area contributed by atoms with E-state index in [1.165, 1.54) is 6.07 Å². The van der Waals surface area contributed by atoms with Gasteiger partial charge >= 0.3 is 5.97 Å². The molecule has 0 amide bonds. The van der Waals surface area contributed by atoms with Gasteiger partial charge in [0.25, 0.3) is 10.0 Å². The van der Waals surface area contributed by atoms with Gasteiger partial charge in [-0.15, -0.1) is 11.3 Å². The van der Waals surface area contributed by atoms with Gasteiger partial charge in [-0.2, -0.15) is 4.72 Å². The van der Waals surface area contributed by atoms with Crippen molar-refractivity contribution in [1.29, 1.82) is 5.41 Å². The molecule has 0 spiro atoms. The lowest BCUT2D eigenvalue weighted by Gasteiger charge is -2.15. The molecule has 0 unspecified atom stereocenters. The van der Waals surface area contributed by atoms with Crippen LogP contribution in [0.1, 0.15) is 12.0 Å². The molecule has 1 atom stereocenters. The van der Waals surface area contributed by atoms with E-state index >= 15 is 0 Å². The Morgan fingerprint density at radius 2 is 2.00 bits per heavy atom. The highest BCUT2D eigenvalue weighted by molar-refractivity contribution is 9.10. The Labute approximate surface area is 196 Å². The number of benzene rings is 1. The number of thiophene rings is 1. The van der Waals surface area contributed by atoms with Crippen molar-refractivity contribution < 1.29 is 27.9 Å². The highest BCUT2D eigenvalue weighted by Crippen LogP contribution is 2.34. The van der Waals surface area contributed by atoms with E-state index in [1.54, 1.807) is 24.3 Å². The fraction of sp³-hybridized carbons (Fsp3) is 0.294. The number of carboxylic acid groups (broad SMARTS) is 1. The molecule has 1 aromatic heterocycles. The molecule has 0 aliphatic rings. The Hall–Kier alpha value is -1.90. The van der Waals surface area contributed by atoms with Gasteiger partial charge in [0.15, 0.2) is 4.21 Å². The van der Waals surface area contributed by atoms with Crippen LogP contribution in [-0.4, -0.2) is 44.7 Å². The van der Waals surface area contributed by atoms with Crippen LogP contribution in [0, 0.1) is 5.41 Å². The zero-order valence-electron chi connectivity index (χ0n) is 15.9. The number of carboxylic acids is 1. The lowest BCUT2D eigenvalue weighted by molar-refractivity contribution is -0.138. The van der Waals surface area contributed by atoms with E-state index in [1.807, 2.05) is 0 Å². The maximum Gasteiger partial charge on any atom is 0.322 e. The second kappa shape index (κ2) is 11.6. The van der Waals surface area contributed by atoms with Gasteiger partial charge in [0.2, 0.25) is 5.96 Å². The number of hydrogen-bond acceptors (Lipinski definition) is 7. The monoisotopic (exact) mass is 554 g/mol. The van der Waals surface area contributed by atoms with Gasteiger partial charge in [0.05, 0.1) is 22.0 Å². The summed E-state index contributed by atoms with van der Waals surface area (Å²) in [7, 11) is -4.07. The van der Waals surface area contributed by atoms with Crippen molar-refractivity contribution in [2.24, 2.45) is 5.73 Å². The van der Waals surface area contributed by atoms with Crippen molar-refractivity contribution >= 4 is 60.8 Å². The van der Waals surface area contributed by atoms with Crippen molar-refractivity contribution in [3.63, 3.8) is 0 Å². The molecule has 0 aliphatic carbocycles. The Morgan fingerprint density at radius 1 is 1.32 bits per heavy atom. The molecule has 0 radical (unpaired) electrons. The summed E-state index contributed by atoms with van der Waals surface area (Å²) >= 11 is 9.77. The van der Waals surface area contributed by atoms with E-state index in [2.05, 4.69) is 26.1 Å². The fourth-order valence-corrected chi connectivity index (χ4v) is 6.55. The van der Waals surface area contributed by atoms with E-state index < -0.39 is 22.0 Å². The van der Waals surface area contributed by atoms with Gasteiger partial charge in [-0.3, -0.25) is 15.0 Å². The smallest absolute Gasteiger partial charge is 0.322 e. The highest BCUT2D eigenvalue weighted by Gasteiger charge is 2.28. The van der Waals surface area contributed by atoms with E-state index in [0.29, 0.717) is 30.9 Å². The second-order valence-corrected chi connectivity index (χ2v) is 10.6. The first-order valence-electron chi connectivity index (χ1n) is 8.72. The first-order chi connectivity index (χ1) is 14.6. The minimum Gasteiger partial charge on any atom is -0.494 e. The molecule has 0 bridgehead atoms. The van der Waals surface area contributed by atoms with E-state index in [4.69, 9.17) is 32.3 Å². The number of ether oxygens (including phenoxy) is 1. The quantitative estimate of drug-likeness (QED) is 0.115. The molecule has 2 rings (SSSR count). The average molecular weight is 556 g/mol. The van der Waals surface area contributed by atoms with Crippen LogP contribution in [0.25, 0.3) is 0 Å². The molecule has 0 saturated heterocycles. The molecule has 0 fully saturated rings. The number of sulfonamides is 1. The largest absolute Gasteiger partial charge is 0.494 e. The summed E-state index contributed by atoms with van der Waals surface area (Å²) in [6.45, 7) is 0.651. The number of nitrogens with two attached hydrogens (primary N) is 1. The molecule has 1 aromatic carbocycles. The summed E-state index contributed by atoms with van der Waals surface area (Å²) in [5.74, 6) is -1.03. The molecule has 0 aliphatic heterocycles. The predicted octanol–water partition coefficient (Wildman–Crippen LogP) is 2.32. The number of rotatable bonds is 12. The second-order valence-electron chi connectivity index (χ2n) is 6.11. The van der Waals surface area contributed by atoms with Crippen LogP contribution in [0.15, 0.2) is 39.0 Å². The third kappa shape index (κ3) is 8.27. The summed E-state index contributed by atoms with van der Waals surface area (Å²) in [6.07, 6.45) is 0.489. The molecule has 1 heterocycles. The summed E-state index contributed by atoms with van der Waals surface area (Å²) in [5, 5.41) is 16.4. The van der Waals surface area contributed by atoms with Gasteiger partial charge in [-0.05, 0) is 46.1 Å². The first-order valence-corrected chi connectivity index (χ1v) is 12.2. The van der Waals surface area contributed by atoms with E-state index in [-0.39, 0.29) is 25.4 Å². The molecule has 0 saturated carbocycles. The van der Waals surface area contributed by atoms with Crippen LogP contribution in [0.2, 0.25) is 4.34 Å². The maximum atomic E-state index is 12.6. The number of aliphatic carboxylic acids is 1. The Morgan fingerprint density at radius 3 is 2.55 bits per heavy atom. The third-order valence-corrected chi connectivity index (χ3v) is 8.09. The van der Waals surface area contributed by atoms with E-state index in [9.17, 15) is 18.3 Å². The van der Waals surface area contributed by atoms with Crippen molar-refractivity contribution in [2.45, 2.75) is 23.1 Å². The minimum absolute atomic E-state index is 0.0594. The van der Waals surface area contributed by atoms with Crippen LogP contribution < -0.4 is 20.7 Å². The summed E-state index contributed by atoms with van der Waals surface area (Å²) in [5.41, 5.74) is 7.89. The third-order valence-electron chi connectivity index (χ3n) is 3.67. The van der Waals surface area contributed by atoms with Crippen LogP contribution in [0.4, 0.5) is 0 Å². The molecule has 10 nitrogen and oxygen atoms in total. The number of halogens is 2. The van der Waals surface area contributed by atoms with Crippen molar-refractivity contribution in [2.75, 3.05) is 13.2 Å². The maximum absolute atomic E-state index is 12.6. The Kier molecular flexibility index (Phi) is 9.53. The predicted molar refractivity (Wildman–Crippen MR) is 120 cm³/mol. The number of carbonyl (C=O) groups is 1. The summed E-state index contributed by atoms with van der Waals surface area (Å²) in [6, 6.07) is 6.70. The van der Waals surface area contributed by atoms with Crippen molar-refractivity contribution in [3.8, 4) is 5.75 Å². The summed E-state index contributed by atoms with van der Waals surface area (Å²) < 4.78 is 33.3. The highest BCUT2D eigenvalue weighted by atomic mass is 79.9. The SMILES string of the molecule is N=C(N)NOCCCOc1ccc(C[C@H](NS(=O)(=O)c2sc(Cl)cc2Br)C(=O)O)cc1. The van der Waals surface area contributed by atoms with Crippen molar-refractivity contribution in [3.05, 3.63) is 44.7 Å². The minimum atomic E-state index is -4.07. The molecule has 2 aromatic rings. The summed E-state index contributed by atoms with van der Waals surface area (Å²) in [4.78, 5) is 16.5. The standard InChI is InChI=1S/C17H20BrClN4O6S2/c18-12-9-14(19)30-16(12)31(26,27)23-13(15(24)25)8-10-2-4-11(5-3-10)28-6-1-7-29-22-17(20)21/h2-5,9,13,23H,1,6-8H2,(H,24,25)(H4,20,21,22)/t13-/m0/s1. The zero-order chi connectivity index (χ0) is 23.0. The van der Waals surface area contributed by atoms with Gasteiger partial charge in [0, 0.05) is 6.42 Å². The van der Waals surface area contributed by atoms with Crippen LogP contribution in [0.3, 0.4) is 0 Å². The lowest BCUT2D eigenvalue weighted by Crippen LogP contribution is -2.42. The van der Waals surface area contributed by atoms with Gasteiger partial charge < -0.3 is 15.6 Å². The number of hydrogen-bond donors (Lipinski definition) is 5. The molecular weight excluding hydrogens is 536 g/mol. The molecular formula is C17H20BrClN4O6S2. The Bertz CT molecular complexity index is 1020. The van der Waals surface area contributed by atoms with Crippen LogP contribution >= 0.6 is 38.9 Å². The molecule has 170 valence electrons. The number of guanidine groups is 1. The Balaban J connectivity index is 1.92. The van der Waals surface area contributed by atoms with E-state index in [0.717, 1.165) is 11.3 Å². The van der Waals surface area contributed by atoms with Crippen LogP contribution in [0.5, 0.6) is 5.75 Å². The topological polar surface area (TPSA) is 164 Å². The van der Waals surface area contributed by atoms with Crippen LogP contribution in [-0.2, 0) is 26.1 Å². The normalized spacial score (nSPS) is 12.3. The molecule has 14 heteroatoms. The fourth-order valence-electron chi connectivity index (χ4n) is 2.34. The number of hydroxylamine groups is 1. The number of nitrogens with one attached hydrogen (secondary N) is 3. The van der Waals surface area contributed by atoms with Crippen molar-refractivity contribution in [1.82, 2.24) is 10.2 Å². The van der Waals surface area contributed by atoms with Gasteiger partial charge in [0.1, 0.15) is 11.8 Å². The van der Waals surface area contributed by atoms with Gasteiger partial charge in [-0.25, -0.2) is 13.9 Å². The molecule has 31 heavy (non-hydrogen) atoms. The first kappa shape index (κ1) is 25.4. The zero-order valence-corrected chi connectivity index (χ0v) is 19.9. The average Bonchev–Trinajstić information content (AvgIpc) is 3.04.